The van der Waals surface area contributed by atoms with Crippen LogP contribution in [0.3, 0.4) is 0 Å². The highest BCUT2D eigenvalue weighted by Gasteiger charge is 2.06. The smallest absolute Gasteiger partial charge is 0.247 e. The zero-order valence-electron chi connectivity index (χ0n) is 9.56. The Hall–Kier alpha value is -1.53. The van der Waals surface area contributed by atoms with Crippen LogP contribution in [0.4, 0.5) is 0 Å². The summed E-state index contributed by atoms with van der Waals surface area (Å²) in [5.41, 5.74) is 0.794. The second-order valence-corrected chi connectivity index (χ2v) is 4.61. The van der Waals surface area contributed by atoms with E-state index in [1.165, 1.54) is 6.07 Å². The zero-order chi connectivity index (χ0) is 12.1. The van der Waals surface area contributed by atoms with Crippen LogP contribution >= 0.6 is 11.3 Å². The van der Waals surface area contributed by atoms with Gasteiger partial charge >= 0.3 is 0 Å². The number of hydrogen-bond donors (Lipinski definition) is 2. The molecule has 2 aromatic heterocycles. The largest absolute Gasteiger partial charge is 0.328 e. The quantitative estimate of drug-likeness (QED) is 0.778. The lowest BCUT2D eigenvalue weighted by atomic mass is 10.3. The average molecular weight is 250 g/mol. The Morgan fingerprint density at radius 3 is 3.00 bits per heavy atom. The van der Waals surface area contributed by atoms with Crippen LogP contribution in [0, 0.1) is 0 Å². The number of aromatic amines is 1. The molecule has 0 aliphatic rings. The molecule has 0 fully saturated rings. The van der Waals surface area contributed by atoms with Gasteiger partial charge in [0.25, 0.3) is 0 Å². The highest BCUT2D eigenvalue weighted by molar-refractivity contribution is 7.14. The van der Waals surface area contributed by atoms with Crippen LogP contribution < -0.4 is 10.9 Å². The van der Waals surface area contributed by atoms with Gasteiger partial charge < -0.3 is 10.3 Å². The Labute approximate surface area is 103 Å². The molecule has 0 amide bonds. The molecule has 0 atom stereocenters. The normalized spacial score (nSPS) is 10.6. The molecular formula is C11H14N4OS. The van der Waals surface area contributed by atoms with E-state index in [-0.39, 0.29) is 5.56 Å². The van der Waals surface area contributed by atoms with Crippen LogP contribution in [0.2, 0.25) is 0 Å². The highest BCUT2D eigenvalue weighted by atomic mass is 32.1. The van der Waals surface area contributed by atoms with Crippen molar-refractivity contribution in [2.24, 2.45) is 0 Å². The van der Waals surface area contributed by atoms with Crippen molar-refractivity contribution in [3.63, 3.8) is 0 Å². The van der Waals surface area contributed by atoms with Crippen molar-refractivity contribution >= 4 is 11.3 Å². The highest BCUT2D eigenvalue weighted by Crippen LogP contribution is 2.21. The van der Waals surface area contributed by atoms with E-state index < -0.39 is 0 Å². The molecule has 0 aromatic carbocycles. The third kappa shape index (κ3) is 3.21. The van der Waals surface area contributed by atoms with E-state index in [4.69, 9.17) is 0 Å². The average Bonchev–Trinajstić information content (AvgIpc) is 2.79. The number of pyridine rings is 1. The maximum absolute atomic E-state index is 10.9. The monoisotopic (exact) mass is 250 g/mol. The summed E-state index contributed by atoms with van der Waals surface area (Å²) < 4.78 is 0. The van der Waals surface area contributed by atoms with Gasteiger partial charge in [-0.2, -0.15) is 0 Å². The number of nitrogens with one attached hydrogen (secondary N) is 2. The number of H-pyrrole nitrogens is 1. The molecule has 2 heterocycles. The molecule has 17 heavy (non-hydrogen) atoms. The molecule has 90 valence electrons. The molecule has 0 aliphatic heterocycles. The van der Waals surface area contributed by atoms with E-state index in [2.05, 4.69) is 27.4 Å². The van der Waals surface area contributed by atoms with Gasteiger partial charge in [-0.05, 0) is 12.6 Å². The predicted molar refractivity (Wildman–Crippen MR) is 68.2 cm³/mol. The van der Waals surface area contributed by atoms with Gasteiger partial charge in [0.2, 0.25) is 5.56 Å². The van der Waals surface area contributed by atoms with Crippen LogP contribution in [-0.4, -0.2) is 28.3 Å². The molecule has 2 N–H and O–H groups in total. The number of rotatable bonds is 5. The number of hydrogen-bond acceptors (Lipinski definition) is 5. The van der Waals surface area contributed by atoms with E-state index in [1.54, 1.807) is 23.6 Å². The minimum atomic E-state index is -0.106. The minimum absolute atomic E-state index is 0.106. The van der Waals surface area contributed by atoms with Gasteiger partial charge in [-0.1, -0.05) is 18.3 Å². The van der Waals surface area contributed by atoms with Gasteiger partial charge in [0, 0.05) is 30.8 Å². The third-order valence-electron chi connectivity index (χ3n) is 2.26. The first-order valence-electron chi connectivity index (χ1n) is 5.52. The first-order valence-corrected chi connectivity index (χ1v) is 6.33. The molecular weight excluding hydrogens is 236 g/mol. The molecule has 2 rings (SSSR count). The summed E-state index contributed by atoms with van der Waals surface area (Å²) in [4.78, 5) is 13.6. The van der Waals surface area contributed by atoms with Gasteiger partial charge in [-0.3, -0.25) is 4.79 Å². The van der Waals surface area contributed by atoms with Gasteiger partial charge in [-0.15, -0.1) is 10.2 Å². The predicted octanol–water partition coefficient (Wildman–Crippen LogP) is 1.05. The van der Waals surface area contributed by atoms with Crippen molar-refractivity contribution in [1.29, 1.82) is 0 Å². The van der Waals surface area contributed by atoms with Crippen molar-refractivity contribution in [2.45, 2.75) is 13.3 Å². The maximum atomic E-state index is 10.9. The van der Waals surface area contributed by atoms with Crippen LogP contribution in [0.5, 0.6) is 0 Å². The van der Waals surface area contributed by atoms with Gasteiger partial charge in [0.05, 0.1) is 0 Å². The van der Waals surface area contributed by atoms with Crippen LogP contribution in [0.25, 0.3) is 10.6 Å². The molecule has 0 saturated heterocycles. The topological polar surface area (TPSA) is 70.7 Å². The lowest BCUT2D eigenvalue weighted by molar-refractivity contribution is 0.710. The van der Waals surface area contributed by atoms with Gasteiger partial charge in [0.15, 0.2) is 0 Å². The first kappa shape index (κ1) is 11.9. The summed E-state index contributed by atoms with van der Waals surface area (Å²) in [6.45, 7) is 3.95. The van der Waals surface area contributed by atoms with Crippen molar-refractivity contribution < 1.29 is 0 Å². The molecule has 6 heteroatoms. The summed E-state index contributed by atoms with van der Waals surface area (Å²) in [7, 11) is 0. The van der Waals surface area contributed by atoms with E-state index in [1.807, 2.05) is 0 Å². The second kappa shape index (κ2) is 5.70. The van der Waals surface area contributed by atoms with Crippen molar-refractivity contribution in [1.82, 2.24) is 20.5 Å². The van der Waals surface area contributed by atoms with Crippen molar-refractivity contribution in [3.8, 4) is 10.6 Å². The number of likely N-dealkylation sites (N-methyl/N-ethyl adjacent to an activating group) is 1. The zero-order valence-corrected chi connectivity index (χ0v) is 10.4. The Morgan fingerprint density at radius 2 is 2.29 bits per heavy atom. The molecule has 0 spiro atoms. The first-order chi connectivity index (χ1) is 8.29. The SMILES string of the molecule is CCNCCc1nnc(-c2ccc(=O)[nH]c2)s1. The van der Waals surface area contributed by atoms with Crippen LogP contribution in [0.1, 0.15) is 11.9 Å². The molecule has 0 unspecified atom stereocenters. The summed E-state index contributed by atoms with van der Waals surface area (Å²) in [6.07, 6.45) is 2.55. The fourth-order valence-electron chi connectivity index (χ4n) is 1.39. The second-order valence-electron chi connectivity index (χ2n) is 3.55. The van der Waals surface area contributed by atoms with E-state index >= 15 is 0 Å². The fourth-order valence-corrected chi connectivity index (χ4v) is 2.22. The summed E-state index contributed by atoms with van der Waals surface area (Å²) in [5, 5.41) is 13.3. The fraction of sp³-hybridized carbons (Fsp3) is 0.364. The molecule has 2 aromatic rings. The van der Waals surface area contributed by atoms with Crippen molar-refractivity contribution in [3.05, 3.63) is 33.7 Å². The number of nitrogens with zero attached hydrogens (tertiary/aromatic N) is 2. The lowest BCUT2D eigenvalue weighted by Gasteiger charge is -1.96. The van der Waals surface area contributed by atoms with E-state index in [9.17, 15) is 4.79 Å². The van der Waals surface area contributed by atoms with Gasteiger partial charge in [-0.25, -0.2) is 0 Å². The molecule has 0 saturated carbocycles. The van der Waals surface area contributed by atoms with Crippen LogP contribution in [0.15, 0.2) is 23.1 Å². The lowest BCUT2D eigenvalue weighted by Crippen LogP contribution is -2.15. The maximum Gasteiger partial charge on any atom is 0.247 e. The van der Waals surface area contributed by atoms with Gasteiger partial charge in [0.1, 0.15) is 10.0 Å². The third-order valence-corrected chi connectivity index (χ3v) is 3.30. The van der Waals surface area contributed by atoms with E-state index in [0.29, 0.717) is 0 Å². The minimum Gasteiger partial charge on any atom is -0.328 e. The summed E-state index contributed by atoms with van der Waals surface area (Å²) in [5.74, 6) is 0. The summed E-state index contributed by atoms with van der Waals surface area (Å²) in [6, 6.07) is 3.25. The van der Waals surface area contributed by atoms with E-state index in [0.717, 1.165) is 35.1 Å². The van der Waals surface area contributed by atoms with Crippen LogP contribution in [-0.2, 0) is 6.42 Å². The molecule has 5 nitrogen and oxygen atoms in total. The Morgan fingerprint density at radius 1 is 1.41 bits per heavy atom. The number of aromatic nitrogens is 3. The molecule has 0 radical (unpaired) electrons. The summed E-state index contributed by atoms with van der Waals surface area (Å²) >= 11 is 1.56. The Bertz CT molecular complexity index is 514. The standard InChI is InChI=1S/C11H14N4OS/c1-2-12-6-5-10-14-15-11(17-10)8-3-4-9(16)13-7-8/h3-4,7,12H,2,5-6H2,1H3,(H,13,16). The van der Waals surface area contributed by atoms with Crippen molar-refractivity contribution in [2.75, 3.05) is 13.1 Å². The Kier molecular flexibility index (Phi) is 4.00. The Balaban J connectivity index is 2.07. The molecule has 0 bridgehead atoms. The molecule has 0 aliphatic carbocycles.